The first kappa shape index (κ1) is 11.6. The molecule has 0 heterocycles. The van der Waals surface area contributed by atoms with E-state index in [0.29, 0.717) is 6.54 Å². The van der Waals surface area contributed by atoms with Gasteiger partial charge in [-0.1, -0.05) is 0 Å². The molecule has 1 amide bonds. The molecule has 3 N–H and O–H groups in total. The molecule has 0 radical (unpaired) electrons. The number of amides is 1. The molecule has 0 atom stereocenters. The van der Waals surface area contributed by atoms with Gasteiger partial charge in [-0.15, -0.1) is 0 Å². The van der Waals surface area contributed by atoms with Crippen molar-refractivity contribution in [3.05, 3.63) is 12.2 Å². The van der Waals surface area contributed by atoms with Gasteiger partial charge in [0.2, 0.25) is 5.91 Å². The minimum atomic E-state index is -1.12. The van der Waals surface area contributed by atoms with Crippen LogP contribution in [0.3, 0.4) is 0 Å². The van der Waals surface area contributed by atoms with E-state index >= 15 is 0 Å². The van der Waals surface area contributed by atoms with Crippen molar-refractivity contribution in [3.63, 3.8) is 0 Å². The summed E-state index contributed by atoms with van der Waals surface area (Å²) in [6, 6.07) is 0. The summed E-state index contributed by atoms with van der Waals surface area (Å²) in [4.78, 5) is 20.8. The van der Waals surface area contributed by atoms with Gasteiger partial charge in [0, 0.05) is 18.7 Å². The summed E-state index contributed by atoms with van der Waals surface area (Å²) in [6.45, 7) is 1.37. The Morgan fingerprint density at radius 2 is 2.00 bits per heavy atom. The van der Waals surface area contributed by atoms with Crippen LogP contribution in [0.4, 0.5) is 0 Å². The normalized spacial score (nSPS) is 10.2. The standard InChI is InChI=1S/C8H14N2O3/c1-9-5-2-6-10-7(11)3-4-8(12)13/h3-4,9H,2,5-6H2,1H3,(H,10,11)(H,12,13)/b4-3+. The van der Waals surface area contributed by atoms with Crippen LogP contribution in [0.1, 0.15) is 6.42 Å². The predicted molar refractivity (Wildman–Crippen MR) is 48.3 cm³/mol. The Bertz CT molecular complexity index is 202. The second-order valence-electron chi connectivity index (χ2n) is 2.42. The molecule has 0 fully saturated rings. The first-order valence-corrected chi connectivity index (χ1v) is 4.00. The van der Waals surface area contributed by atoms with Crippen LogP contribution in [0, 0.1) is 0 Å². The van der Waals surface area contributed by atoms with Gasteiger partial charge in [-0.2, -0.15) is 0 Å². The minimum absolute atomic E-state index is 0.376. The molecule has 0 aromatic heterocycles. The largest absolute Gasteiger partial charge is 0.478 e. The van der Waals surface area contributed by atoms with Crippen molar-refractivity contribution in [2.75, 3.05) is 20.1 Å². The summed E-state index contributed by atoms with van der Waals surface area (Å²) in [5.74, 6) is -1.50. The topological polar surface area (TPSA) is 78.4 Å². The third kappa shape index (κ3) is 8.55. The Hall–Kier alpha value is -1.36. The van der Waals surface area contributed by atoms with Gasteiger partial charge < -0.3 is 15.7 Å². The van der Waals surface area contributed by atoms with Gasteiger partial charge in [-0.05, 0) is 20.0 Å². The molecule has 0 aliphatic carbocycles. The van der Waals surface area contributed by atoms with Crippen molar-refractivity contribution in [2.45, 2.75) is 6.42 Å². The lowest BCUT2D eigenvalue weighted by Crippen LogP contribution is -2.24. The summed E-state index contributed by atoms with van der Waals surface area (Å²) in [5, 5.41) is 13.7. The SMILES string of the molecule is CNCCCNC(=O)/C=C/C(=O)O. The van der Waals surface area contributed by atoms with Crippen LogP contribution >= 0.6 is 0 Å². The molecule has 0 bridgehead atoms. The van der Waals surface area contributed by atoms with E-state index in [1.165, 1.54) is 0 Å². The lowest BCUT2D eigenvalue weighted by molar-refractivity contribution is -0.131. The van der Waals surface area contributed by atoms with E-state index in [-0.39, 0.29) is 5.91 Å². The molecule has 0 aliphatic rings. The number of hydrogen-bond donors (Lipinski definition) is 3. The summed E-state index contributed by atoms with van der Waals surface area (Å²) >= 11 is 0. The molecule has 0 saturated heterocycles. The highest BCUT2D eigenvalue weighted by Gasteiger charge is 1.94. The van der Waals surface area contributed by atoms with Crippen LogP contribution in [-0.4, -0.2) is 37.1 Å². The molecule has 0 spiro atoms. The fourth-order valence-corrected chi connectivity index (χ4v) is 0.683. The molecule has 0 aromatic carbocycles. The van der Waals surface area contributed by atoms with E-state index in [1.54, 1.807) is 0 Å². The zero-order valence-electron chi connectivity index (χ0n) is 7.54. The number of hydrogen-bond acceptors (Lipinski definition) is 3. The van der Waals surface area contributed by atoms with Crippen LogP contribution in [0.2, 0.25) is 0 Å². The number of carbonyl (C=O) groups excluding carboxylic acids is 1. The van der Waals surface area contributed by atoms with Gasteiger partial charge >= 0.3 is 5.97 Å². The zero-order valence-corrected chi connectivity index (χ0v) is 7.54. The molecule has 5 heteroatoms. The predicted octanol–water partition coefficient (Wildman–Crippen LogP) is -0.647. The highest BCUT2D eigenvalue weighted by atomic mass is 16.4. The number of carbonyl (C=O) groups is 2. The molecule has 13 heavy (non-hydrogen) atoms. The van der Waals surface area contributed by atoms with Crippen LogP contribution in [0.5, 0.6) is 0 Å². The van der Waals surface area contributed by atoms with E-state index in [4.69, 9.17) is 5.11 Å². The van der Waals surface area contributed by atoms with Crippen LogP contribution in [0.25, 0.3) is 0 Å². The van der Waals surface area contributed by atoms with Gasteiger partial charge in [0.25, 0.3) is 0 Å². The maximum atomic E-state index is 10.8. The van der Waals surface area contributed by atoms with Crippen molar-refractivity contribution in [1.82, 2.24) is 10.6 Å². The lowest BCUT2D eigenvalue weighted by atomic mass is 10.4. The third-order valence-electron chi connectivity index (χ3n) is 1.28. The lowest BCUT2D eigenvalue weighted by Gasteiger charge is -2.00. The third-order valence-corrected chi connectivity index (χ3v) is 1.28. The average molecular weight is 186 g/mol. The number of rotatable bonds is 6. The highest BCUT2D eigenvalue weighted by molar-refractivity contribution is 5.93. The van der Waals surface area contributed by atoms with E-state index in [2.05, 4.69) is 10.6 Å². The van der Waals surface area contributed by atoms with Gasteiger partial charge in [0.1, 0.15) is 0 Å². The summed E-state index contributed by atoms with van der Waals surface area (Å²) in [6.07, 6.45) is 2.64. The average Bonchev–Trinajstić information content (AvgIpc) is 2.09. The summed E-state index contributed by atoms with van der Waals surface area (Å²) in [7, 11) is 1.83. The van der Waals surface area contributed by atoms with E-state index in [0.717, 1.165) is 25.1 Å². The van der Waals surface area contributed by atoms with Gasteiger partial charge in [0.05, 0.1) is 0 Å². The second-order valence-corrected chi connectivity index (χ2v) is 2.42. The van der Waals surface area contributed by atoms with E-state index < -0.39 is 5.97 Å². The first-order chi connectivity index (χ1) is 6.16. The number of carboxylic acids is 1. The van der Waals surface area contributed by atoms with Crippen molar-refractivity contribution < 1.29 is 14.7 Å². The van der Waals surface area contributed by atoms with Crippen LogP contribution in [-0.2, 0) is 9.59 Å². The number of carboxylic acid groups (broad SMARTS) is 1. The Labute approximate surface area is 76.8 Å². The number of nitrogens with one attached hydrogen (secondary N) is 2. The summed E-state index contributed by atoms with van der Waals surface area (Å²) < 4.78 is 0. The highest BCUT2D eigenvalue weighted by Crippen LogP contribution is 1.76. The van der Waals surface area contributed by atoms with Crippen molar-refractivity contribution in [1.29, 1.82) is 0 Å². The molecular formula is C8H14N2O3. The molecule has 0 rings (SSSR count). The zero-order chi connectivity index (χ0) is 10.1. The van der Waals surface area contributed by atoms with Crippen molar-refractivity contribution >= 4 is 11.9 Å². The molecule has 74 valence electrons. The molecule has 0 unspecified atom stereocenters. The maximum absolute atomic E-state index is 10.8. The quantitative estimate of drug-likeness (QED) is 0.380. The molecule has 0 aliphatic heterocycles. The van der Waals surface area contributed by atoms with Gasteiger partial charge in [-0.25, -0.2) is 4.79 Å². The fourth-order valence-electron chi connectivity index (χ4n) is 0.683. The summed E-state index contributed by atoms with van der Waals surface area (Å²) in [5.41, 5.74) is 0. The minimum Gasteiger partial charge on any atom is -0.478 e. The Morgan fingerprint density at radius 1 is 1.31 bits per heavy atom. The van der Waals surface area contributed by atoms with E-state index in [9.17, 15) is 9.59 Å². The number of aliphatic carboxylic acids is 1. The first-order valence-electron chi connectivity index (χ1n) is 4.00. The molecule has 0 saturated carbocycles. The van der Waals surface area contributed by atoms with Crippen molar-refractivity contribution in [3.8, 4) is 0 Å². The second kappa shape index (κ2) is 7.30. The van der Waals surface area contributed by atoms with Crippen LogP contribution < -0.4 is 10.6 Å². The van der Waals surface area contributed by atoms with Gasteiger partial charge in [0.15, 0.2) is 0 Å². The molecule has 0 aromatic rings. The monoisotopic (exact) mass is 186 g/mol. The molecule has 5 nitrogen and oxygen atoms in total. The Kier molecular flexibility index (Phi) is 6.53. The smallest absolute Gasteiger partial charge is 0.328 e. The van der Waals surface area contributed by atoms with E-state index in [1.807, 2.05) is 7.05 Å². The fraction of sp³-hybridized carbons (Fsp3) is 0.500. The molecular weight excluding hydrogens is 172 g/mol. The Morgan fingerprint density at radius 3 is 2.54 bits per heavy atom. The van der Waals surface area contributed by atoms with Crippen LogP contribution in [0.15, 0.2) is 12.2 Å². The maximum Gasteiger partial charge on any atom is 0.328 e. The van der Waals surface area contributed by atoms with Crippen molar-refractivity contribution in [2.24, 2.45) is 0 Å². The van der Waals surface area contributed by atoms with Gasteiger partial charge in [-0.3, -0.25) is 4.79 Å². The Balaban J connectivity index is 3.46.